The van der Waals surface area contributed by atoms with Gasteiger partial charge in [-0.1, -0.05) is 27.7 Å². The van der Waals surface area contributed by atoms with Crippen molar-refractivity contribution in [3.05, 3.63) is 56.4 Å². The van der Waals surface area contributed by atoms with Crippen LogP contribution in [0.2, 0.25) is 0 Å². The summed E-state index contributed by atoms with van der Waals surface area (Å²) >= 11 is 3.44. The number of hydrogen-bond donors (Lipinski definition) is 1. The first-order chi connectivity index (χ1) is 12.1. The third-order valence-corrected chi connectivity index (χ3v) is 6.34. The van der Waals surface area contributed by atoms with Crippen LogP contribution in [0.5, 0.6) is 11.5 Å². The van der Waals surface area contributed by atoms with Crippen LogP contribution in [0, 0.1) is 5.92 Å². The zero-order valence-corrected chi connectivity index (χ0v) is 15.7. The Morgan fingerprint density at radius 3 is 2.96 bits per heavy atom. The van der Waals surface area contributed by atoms with Crippen molar-refractivity contribution in [1.29, 1.82) is 0 Å². The van der Waals surface area contributed by atoms with Gasteiger partial charge in [0.2, 0.25) is 0 Å². The lowest BCUT2D eigenvalue weighted by molar-refractivity contribution is -0.924. The lowest BCUT2D eigenvalue weighted by Crippen LogP contribution is -3.13. The second kappa shape index (κ2) is 6.50. The van der Waals surface area contributed by atoms with E-state index in [-0.39, 0.29) is 11.3 Å². The van der Waals surface area contributed by atoms with E-state index in [1.54, 1.807) is 12.1 Å². The van der Waals surface area contributed by atoms with Gasteiger partial charge in [0, 0.05) is 40.2 Å². The summed E-state index contributed by atoms with van der Waals surface area (Å²) in [4.78, 5) is 13.6. The molecule has 6 heteroatoms. The molecule has 0 spiro atoms. The Bertz CT molecular complexity index is 864. The molecule has 1 aromatic heterocycles. The predicted octanol–water partition coefficient (Wildman–Crippen LogP) is 0.895. The molecular formula is C19H21BrN2O3. The number of piperidine rings is 1. The summed E-state index contributed by atoms with van der Waals surface area (Å²) in [5.74, 6) is 1.22. The van der Waals surface area contributed by atoms with Crippen LogP contribution in [0.25, 0.3) is 0 Å². The van der Waals surface area contributed by atoms with Crippen molar-refractivity contribution in [1.82, 2.24) is 4.57 Å². The highest BCUT2D eigenvalue weighted by molar-refractivity contribution is 9.10. The summed E-state index contributed by atoms with van der Waals surface area (Å²) in [6, 6.07) is 9.33. The molecule has 25 heavy (non-hydrogen) atoms. The fourth-order valence-corrected chi connectivity index (χ4v) is 4.88. The molecule has 2 aliphatic heterocycles. The summed E-state index contributed by atoms with van der Waals surface area (Å²) < 4.78 is 7.66. The summed E-state index contributed by atoms with van der Waals surface area (Å²) in [6.07, 6.45) is 1.16. The first-order valence-corrected chi connectivity index (χ1v) is 9.41. The average Bonchev–Trinajstić information content (AvgIpc) is 2.60. The number of aromatic nitrogens is 1. The van der Waals surface area contributed by atoms with Crippen LogP contribution in [-0.4, -0.2) is 24.8 Å². The molecular weight excluding hydrogens is 384 g/mol. The van der Waals surface area contributed by atoms with Crippen molar-refractivity contribution in [3.63, 3.8) is 0 Å². The number of benzene rings is 1. The quantitative estimate of drug-likeness (QED) is 0.826. The van der Waals surface area contributed by atoms with Crippen LogP contribution in [0.1, 0.15) is 23.6 Å². The minimum Gasteiger partial charge on any atom is -0.869 e. The van der Waals surface area contributed by atoms with E-state index in [0.29, 0.717) is 22.1 Å². The summed E-state index contributed by atoms with van der Waals surface area (Å²) in [5, 5.41) is 12.2. The molecule has 0 aliphatic carbocycles. The van der Waals surface area contributed by atoms with Crippen LogP contribution >= 0.6 is 15.9 Å². The molecule has 1 fully saturated rings. The van der Waals surface area contributed by atoms with E-state index in [4.69, 9.17) is 4.74 Å². The van der Waals surface area contributed by atoms with Gasteiger partial charge in [-0.05, 0) is 24.6 Å². The molecule has 2 aliphatic rings. The number of likely N-dealkylation sites (tertiary alicyclic amines) is 1. The van der Waals surface area contributed by atoms with Crippen LogP contribution in [0.4, 0.5) is 0 Å². The Labute approximate surface area is 155 Å². The molecule has 1 aromatic carbocycles. The van der Waals surface area contributed by atoms with E-state index in [2.05, 4.69) is 22.0 Å². The van der Waals surface area contributed by atoms with E-state index < -0.39 is 0 Å². The summed E-state index contributed by atoms with van der Waals surface area (Å²) in [7, 11) is 1.51. The van der Waals surface area contributed by atoms with Gasteiger partial charge in [0.25, 0.3) is 5.56 Å². The van der Waals surface area contributed by atoms with Gasteiger partial charge in [-0.25, -0.2) is 0 Å². The van der Waals surface area contributed by atoms with E-state index in [9.17, 15) is 9.90 Å². The molecule has 132 valence electrons. The largest absolute Gasteiger partial charge is 0.869 e. The maximum atomic E-state index is 12.2. The van der Waals surface area contributed by atoms with Crippen LogP contribution < -0.4 is 20.3 Å². The average molecular weight is 405 g/mol. The Morgan fingerprint density at radius 1 is 1.32 bits per heavy atom. The third kappa shape index (κ3) is 2.98. The van der Waals surface area contributed by atoms with Gasteiger partial charge in [0.1, 0.15) is 12.3 Å². The molecule has 0 radical (unpaired) electrons. The standard InChI is InChI=1S/C19H21BrN2O3/c1-25-16-6-5-13(18(20)19(16)24)10-21-8-12-7-14(11-21)15-3-2-4-17(23)22(15)9-12/h2-6,12,14,24H,7-11H2,1H3. The highest BCUT2D eigenvalue weighted by atomic mass is 79.9. The molecule has 1 saturated heterocycles. The van der Waals surface area contributed by atoms with Gasteiger partial charge in [0.05, 0.1) is 20.2 Å². The van der Waals surface area contributed by atoms with Crippen molar-refractivity contribution in [2.24, 2.45) is 5.92 Å². The zero-order chi connectivity index (χ0) is 17.6. The maximum absolute atomic E-state index is 12.2. The predicted molar refractivity (Wildman–Crippen MR) is 96.1 cm³/mol. The minimum absolute atomic E-state index is 0.0894. The fraction of sp³-hybridized carbons (Fsp3) is 0.421. The normalized spacial score (nSPS) is 24.6. The molecule has 4 rings (SSSR count). The number of nitrogens with one attached hydrogen (secondary N) is 1. The first kappa shape index (κ1) is 16.7. The molecule has 2 aromatic rings. The summed E-state index contributed by atoms with van der Waals surface area (Å²) in [6.45, 7) is 3.64. The van der Waals surface area contributed by atoms with Gasteiger partial charge >= 0.3 is 0 Å². The number of rotatable bonds is 3. The number of hydrogen-bond acceptors (Lipinski definition) is 3. The lowest BCUT2D eigenvalue weighted by atomic mass is 9.83. The van der Waals surface area contributed by atoms with Gasteiger partial charge in [-0.15, -0.1) is 0 Å². The highest BCUT2D eigenvalue weighted by Crippen LogP contribution is 2.34. The molecule has 0 amide bonds. The van der Waals surface area contributed by atoms with Crippen molar-refractivity contribution >= 4 is 15.9 Å². The van der Waals surface area contributed by atoms with Crippen LogP contribution in [0.15, 0.2) is 39.6 Å². The molecule has 3 unspecified atom stereocenters. The maximum Gasteiger partial charge on any atom is 0.250 e. The van der Waals surface area contributed by atoms with E-state index >= 15 is 0 Å². The Kier molecular flexibility index (Phi) is 4.33. The Hall–Kier alpha value is -1.79. The van der Waals surface area contributed by atoms with Crippen molar-refractivity contribution in [3.8, 4) is 11.5 Å². The number of quaternary nitrogens is 1. The van der Waals surface area contributed by atoms with Crippen molar-refractivity contribution in [2.45, 2.75) is 25.4 Å². The zero-order valence-electron chi connectivity index (χ0n) is 14.1. The number of ether oxygens (including phenoxy) is 1. The van der Waals surface area contributed by atoms with Crippen LogP contribution in [0.3, 0.4) is 0 Å². The second-order valence-electron chi connectivity index (χ2n) is 7.10. The molecule has 5 nitrogen and oxygen atoms in total. The highest BCUT2D eigenvalue weighted by Gasteiger charge is 2.37. The van der Waals surface area contributed by atoms with Gasteiger partial charge in [-0.3, -0.25) is 4.79 Å². The number of nitrogens with zero attached hydrogens (tertiary/aromatic N) is 1. The van der Waals surface area contributed by atoms with Gasteiger partial charge < -0.3 is 19.3 Å². The third-order valence-electron chi connectivity index (χ3n) is 5.47. The molecule has 2 bridgehead atoms. The van der Waals surface area contributed by atoms with Gasteiger partial charge in [-0.2, -0.15) is 0 Å². The lowest BCUT2D eigenvalue weighted by Gasteiger charge is -2.40. The molecule has 1 N–H and O–H groups in total. The van der Waals surface area contributed by atoms with Crippen LogP contribution in [-0.2, 0) is 13.1 Å². The molecule has 0 saturated carbocycles. The van der Waals surface area contributed by atoms with E-state index in [0.717, 1.165) is 38.2 Å². The first-order valence-electron chi connectivity index (χ1n) is 8.62. The number of halogens is 1. The number of methoxy groups -OCH3 is 1. The fourth-order valence-electron chi connectivity index (χ4n) is 4.41. The van der Waals surface area contributed by atoms with Gasteiger partial charge in [0.15, 0.2) is 0 Å². The Balaban J connectivity index is 1.57. The monoisotopic (exact) mass is 404 g/mol. The van der Waals surface area contributed by atoms with E-state index in [1.165, 1.54) is 17.7 Å². The Morgan fingerprint density at radius 2 is 2.16 bits per heavy atom. The minimum atomic E-state index is -0.0894. The van der Waals surface area contributed by atoms with Crippen molar-refractivity contribution in [2.75, 3.05) is 20.2 Å². The summed E-state index contributed by atoms with van der Waals surface area (Å²) in [5.41, 5.74) is 2.30. The second-order valence-corrected chi connectivity index (χ2v) is 7.90. The SMILES string of the molecule is COc1ccc(C[NH+]2CC3CC(C2)c2cccc(=O)n2C3)c(Br)c1[O-]. The smallest absolute Gasteiger partial charge is 0.250 e. The number of pyridine rings is 1. The molecule has 3 heterocycles. The number of fused-ring (bicyclic) bond motifs is 4. The van der Waals surface area contributed by atoms with Crippen molar-refractivity contribution < 1.29 is 14.7 Å². The topological polar surface area (TPSA) is 58.7 Å². The van der Waals surface area contributed by atoms with E-state index in [1.807, 2.05) is 16.7 Å². The molecule has 3 atom stereocenters.